The molecule has 2 aromatic rings. The molecule has 0 fully saturated rings. The molecule has 1 aliphatic heterocycles. The van der Waals surface area contributed by atoms with E-state index in [1.54, 1.807) is 0 Å². The van der Waals surface area contributed by atoms with E-state index in [0.717, 1.165) is 19.3 Å². The van der Waals surface area contributed by atoms with E-state index in [-0.39, 0.29) is 11.3 Å². The van der Waals surface area contributed by atoms with Gasteiger partial charge in [0.05, 0.1) is 12.6 Å². The van der Waals surface area contributed by atoms with E-state index < -0.39 is 75.0 Å². The van der Waals surface area contributed by atoms with Crippen LogP contribution in [0.2, 0.25) is 0 Å². The van der Waals surface area contributed by atoms with Crippen LogP contribution in [-0.2, 0) is 20.9 Å². The molecule has 1 aromatic heterocycles. The molecule has 12 heteroatoms. The summed E-state index contributed by atoms with van der Waals surface area (Å²) in [5.74, 6) is -9.13. The standard InChI is InChI=1S/C19H14F3N3O6/c1-25(6-9-10(21)3-8(20)4-11(9)22)12-2-7(15(26)17(23)28)5-24-14(12)16(27)13(18(25)29)19(30)31/h2-5,15,26H,6H2,1H3,(H3-,23,27,28,29,30,31)/p+1. The Kier molecular flexibility index (Phi) is 5.29. The highest BCUT2D eigenvalue weighted by molar-refractivity contribution is 6.25. The number of carboxylic acid groups (broad SMARTS) is 1. The van der Waals surface area contributed by atoms with Crippen molar-refractivity contribution in [3.8, 4) is 0 Å². The molecule has 9 nitrogen and oxygen atoms in total. The topological polar surface area (TPSA) is 151 Å². The summed E-state index contributed by atoms with van der Waals surface area (Å²) in [6.07, 6.45) is -0.948. The van der Waals surface area contributed by atoms with Crippen molar-refractivity contribution in [2.75, 3.05) is 7.05 Å². The van der Waals surface area contributed by atoms with Gasteiger partial charge in [0.2, 0.25) is 5.57 Å². The summed E-state index contributed by atoms with van der Waals surface area (Å²) in [7, 11) is 1.08. The number of quaternary nitrogens is 1. The Morgan fingerprint density at radius 2 is 1.77 bits per heavy atom. The molecule has 0 aliphatic carbocycles. The summed E-state index contributed by atoms with van der Waals surface area (Å²) in [5, 5.41) is 29.6. The molecule has 31 heavy (non-hydrogen) atoms. The maximum Gasteiger partial charge on any atom is 0.362 e. The fourth-order valence-electron chi connectivity index (χ4n) is 3.31. The number of halogens is 3. The molecule has 0 spiro atoms. The van der Waals surface area contributed by atoms with E-state index in [1.807, 2.05) is 0 Å². The second kappa shape index (κ2) is 7.49. The Balaban J connectivity index is 2.30. The number of hydrogen-bond acceptors (Lipinski definition) is 6. The third-order valence-electron chi connectivity index (χ3n) is 4.92. The van der Waals surface area contributed by atoms with Crippen molar-refractivity contribution in [1.29, 1.82) is 0 Å². The molecule has 2 amide bonds. The molecule has 0 bridgehead atoms. The second-order valence-electron chi connectivity index (χ2n) is 6.97. The largest absolute Gasteiger partial charge is 0.504 e. The number of primary amides is 1. The summed E-state index contributed by atoms with van der Waals surface area (Å²) >= 11 is 0. The Morgan fingerprint density at radius 1 is 1.19 bits per heavy atom. The summed E-state index contributed by atoms with van der Waals surface area (Å²) < 4.78 is 40.7. The molecule has 162 valence electrons. The molecule has 0 saturated heterocycles. The lowest BCUT2D eigenvalue weighted by Gasteiger charge is -2.35. The number of aliphatic hydroxyl groups excluding tert-OH is 2. The molecule has 2 atom stereocenters. The van der Waals surface area contributed by atoms with E-state index in [2.05, 4.69) is 4.98 Å². The molecule has 2 heterocycles. The van der Waals surface area contributed by atoms with Crippen LogP contribution in [0.25, 0.3) is 5.76 Å². The van der Waals surface area contributed by atoms with Gasteiger partial charge in [0.25, 0.3) is 5.91 Å². The van der Waals surface area contributed by atoms with Crippen LogP contribution in [0, 0.1) is 17.5 Å². The summed E-state index contributed by atoms with van der Waals surface area (Å²) in [6, 6.07) is 1.80. The number of amides is 2. The first-order valence-corrected chi connectivity index (χ1v) is 8.57. The molecule has 1 aromatic carbocycles. The van der Waals surface area contributed by atoms with Gasteiger partial charge in [-0.15, -0.1) is 0 Å². The highest BCUT2D eigenvalue weighted by Gasteiger charge is 2.50. The van der Waals surface area contributed by atoms with E-state index >= 15 is 0 Å². The number of hydrogen-bond donors (Lipinski definition) is 4. The van der Waals surface area contributed by atoms with Crippen molar-refractivity contribution < 1.29 is 42.9 Å². The van der Waals surface area contributed by atoms with Crippen molar-refractivity contribution in [3.63, 3.8) is 0 Å². The average molecular weight is 438 g/mol. The Labute approximate surface area is 172 Å². The van der Waals surface area contributed by atoms with Crippen LogP contribution in [0.1, 0.15) is 22.9 Å². The molecular weight excluding hydrogens is 423 g/mol. The molecule has 0 saturated carbocycles. The van der Waals surface area contributed by atoms with Gasteiger partial charge >= 0.3 is 11.9 Å². The van der Waals surface area contributed by atoms with Gasteiger partial charge in [-0.2, -0.15) is 0 Å². The predicted molar refractivity (Wildman–Crippen MR) is 98.3 cm³/mol. The van der Waals surface area contributed by atoms with Crippen molar-refractivity contribution in [2.45, 2.75) is 12.6 Å². The second-order valence-corrected chi connectivity index (χ2v) is 6.97. The fourth-order valence-corrected chi connectivity index (χ4v) is 3.31. The smallest absolute Gasteiger partial charge is 0.362 e. The SMILES string of the molecule is C[N+]1(Cc2c(F)cc(F)cc2F)C(=O)C(C(=O)O)=C(O)c2ncc(C(O)C(N)=O)cc21. The van der Waals surface area contributed by atoms with Gasteiger partial charge in [0, 0.05) is 30.0 Å². The van der Waals surface area contributed by atoms with Crippen LogP contribution >= 0.6 is 0 Å². The first-order chi connectivity index (χ1) is 14.4. The summed E-state index contributed by atoms with van der Waals surface area (Å²) in [5.41, 5.74) is 2.30. The van der Waals surface area contributed by atoms with Crippen LogP contribution in [0.4, 0.5) is 18.9 Å². The van der Waals surface area contributed by atoms with E-state index in [1.165, 1.54) is 0 Å². The van der Waals surface area contributed by atoms with Gasteiger partial charge in [-0.1, -0.05) is 0 Å². The number of rotatable bonds is 5. The van der Waals surface area contributed by atoms with Crippen LogP contribution in [0.15, 0.2) is 30.0 Å². The number of pyridine rings is 1. The Bertz CT molecular complexity index is 1160. The zero-order chi connectivity index (χ0) is 23.2. The maximum atomic E-state index is 14.3. The minimum absolute atomic E-state index is 0.213. The molecule has 2 unspecified atom stereocenters. The van der Waals surface area contributed by atoms with Crippen LogP contribution < -0.4 is 10.2 Å². The number of benzene rings is 1. The van der Waals surface area contributed by atoms with Gasteiger partial charge in [-0.05, 0) is 0 Å². The molecule has 3 rings (SSSR count). The van der Waals surface area contributed by atoms with Gasteiger partial charge in [0.15, 0.2) is 23.2 Å². The van der Waals surface area contributed by atoms with Crippen molar-refractivity contribution in [1.82, 2.24) is 9.47 Å². The van der Waals surface area contributed by atoms with Crippen LogP contribution in [0.5, 0.6) is 0 Å². The first-order valence-electron chi connectivity index (χ1n) is 8.57. The minimum Gasteiger partial charge on any atom is -0.504 e. The highest BCUT2D eigenvalue weighted by atomic mass is 19.1. The predicted octanol–water partition coefficient (Wildman–Crippen LogP) is 1.05. The number of likely N-dealkylation sites (N-methyl/N-ethyl adjacent to an activating group) is 1. The van der Waals surface area contributed by atoms with Crippen molar-refractivity contribution >= 4 is 29.2 Å². The van der Waals surface area contributed by atoms with Gasteiger partial charge < -0.3 is 21.1 Å². The number of aliphatic carboxylic acids is 1. The lowest BCUT2D eigenvalue weighted by molar-refractivity contribution is -0.137. The number of aliphatic hydroxyl groups is 2. The number of carboxylic acids is 1. The third kappa shape index (κ3) is 3.51. The minimum atomic E-state index is -1.87. The average Bonchev–Trinajstić information content (AvgIpc) is 2.68. The number of carbonyl (C=O) groups is 3. The maximum absolute atomic E-state index is 14.3. The van der Waals surface area contributed by atoms with Gasteiger partial charge in [-0.3, -0.25) is 4.79 Å². The van der Waals surface area contributed by atoms with E-state index in [4.69, 9.17) is 5.73 Å². The number of nitrogens with two attached hydrogens (primary N) is 1. The summed E-state index contributed by atoms with van der Waals surface area (Å²) in [6.45, 7) is -0.842. The lowest BCUT2D eigenvalue weighted by atomic mass is 9.97. The fraction of sp³-hybridized carbons (Fsp3) is 0.158. The Hall–Kier alpha value is -3.77. The summed E-state index contributed by atoms with van der Waals surface area (Å²) in [4.78, 5) is 39.8. The number of carbonyl (C=O) groups excluding carboxylic acids is 2. The third-order valence-corrected chi connectivity index (χ3v) is 4.92. The first kappa shape index (κ1) is 21.9. The molecule has 1 aliphatic rings. The molecule has 5 N–H and O–H groups in total. The van der Waals surface area contributed by atoms with Crippen LogP contribution in [0.3, 0.4) is 0 Å². The normalized spacial score (nSPS) is 19.2. The van der Waals surface area contributed by atoms with E-state index in [9.17, 15) is 42.9 Å². The highest BCUT2D eigenvalue weighted by Crippen LogP contribution is 2.40. The van der Waals surface area contributed by atoms with Gasteiger partial charge in [0.1, 0.15) is 24.0 Å². The van der Waals surface area contributed by atoms with Crippen molar-refractivity contribution in [3.05, 3.63) is 64.2 Å². The number of aromatic nitrogens is 1. The monoisotopic (exact) mass is 438 g/mol. The lowest BCUT2D eigenvalue weighted by Crippen LogP contribution is -2.54. The van der Waals surface area contributed by atoms with Crippen LogP contribution in [-0.4, -0.2) is 45.1 Å². The Morgan fingerprint density at radius 3 is 2.29 bits per heavy atom. The molecule has 0 radical (unpaired) electrons. The molecular formula is C19H15F3N3O6+. The van der Waals surface area contributed by atoms with Crippen molar-refractivity contribution in [2.24, 2.45) is 5.73 Å². The van der Waals surface area contributed by atoms with Gasteiger partial charge in [-0.25, -0.2) is 32.2 Å². The number of fused-ring (bicyclic) bond motifs is 1. The number of nitrogens with zero attached hydrogens (tertiary/aromatic N) is 2. The quantitative estimate of drug-likeness (QED) is 0.402. The zero-order valence-electron chi connectivity index (χ0n) is 15.8. The van der Waals surface area contributed by atoms with E-state index in [0.29, 0.717) is 12.1 Å². The zero-order valence-corrected chi connectivity index (χ0v) is 15.8.